The molecule has 5 heteroatoms. The first-order valence-electron chi connectivity index (χ1n) is 6.33. The van der Waals surface area contributed by atoms with Gasteiger partial charge >= 0.3 is 0 Å². The third-order valence-electron chi connectivity index (χ3n) is 2.97. The smallest absolute Gasteiger partial charge is 0.261 e. The van der Waals surface area contributed by atoms with Crippen LogP contribution in [-0.4, -0.2) is 24.2 Å². The van der Waals surface area contributed by atoms with Crippen LogP contribution in [0.2, 0.25) is 0 Å². The molecule has 1 rings (SSSR count). The Morgan fingerprint density at radius 2 is 2.28 bits per heavy atom. The first kappa shape index (κ1) is 15.0. The van der Waals surface area contributed by atoms with E-state index in [4.69, 9.17) is 10.8 Å². The van der Waals surface area contributed by atoms with Gasteiger partial charge in [-0.15, -0.1) is 11.3 Å². The van der Waals surface area contributed by atoms with E-state index in [0.717, 1.165) is 24.1 Å². The van der Waals surface area contributed by atoms with Gasteiger partial charge in [0.05, 0.1) is 4.88 Å². The lowest BCUT2D eigenvalue weighted by Crippen LogP contribution is -2.29. The van der Waals surface area contributed by atoms with Crippen LogP contribution in [0.15, 0.2) is 6.07 Å². The second-order valence-corrected chi connectivity index (χ2v) is 5.76. The van der Waals surface area contributed by atoms with E-state index in [1.54, 1.807) is 6.07 Å². The molecule has 1 aromatic heterocycles. The molecule has 102 valence electrons. The van der Waals surface area contributed by atoms with Crippen molar-refractivity contribution >= 4 is 22.9 Å². The minimum Gasteiger partial charge on any atom is -0.398 e. The van der Waals surface area contributed by atoms with Gasteiger partial charge in [0, 0.05) is 23.7 Å². The van der Waals surface area contributed by atoms with Crippen molar-refractivity contribution in [3.05, 3.63) is 15.8 Å². The van der Waals surface area contributed by atoms with Crippen molar-refractivity contribution in [3.63, 3.8) is 0 Å². The molecule has 1 unspecified atom stereocenters. The number of thiophene rings is 1. The summed E-state index contributed by atoms with van der Waals surface area (Å²) in [4.78, 5) is 13.5. The van der Waals surface area contributed by atoms with Crippen LogP contribution in [0.25, 0.3) is 0 Å². The van der Waals surface area contributed by atoms with Crippen LogP contribution in [0.1, 0.15) is 40.7 Å². The van der Waals surface area contributed by atoms with E-state index in [1.165, 1.54) is 11.3 Å². The van der Waals surface area contributed by atoms with Crippen molar-refractivity contribution in [2.24, 2.45) is 5.92 Å². The number of nitrogen functional groups attached to an aromatic ring is 1. The Bertz CT molecular complexity index is 365. The van der Waals surface area contributed by atoms with Gasteiger partial charge in [-0.1, -0.05) is 13.3 Å². The first-order chi connectivity index (χ1) is 8.58. The molecule has 4 N–H and O–H groups in total. The van der Waals surface area contributed by atoms with Gasteiger partial charge in [-0.25, -0.2) is 0 Å². The number of nitrogens with one attached hydrogen (secondary N) is 1. The summed E-state index contributed by atoms with van der Waals surface area (Å²) in [5.41, 5.74) is 6.40. The number of hydrogen-bond acceptors (Lipinski definition) is 4. The van der Waals surface area contributed by atoms with Crippen LogP contribution in [-0.2, 0) is 0 Å². The Labute approximate surface area is 112 Å². The fraction of sp³-hybridized carbons (Fsp3) is 0.615. The number of aryl methyl sites for hydroxylation is 1. The van der Waals surface area contributed by atoms with Crippen LogP contribution in [0, 0.1) is 12.8 Å². The molecular weight excluding hydrogens is 248 g/mol. The number of anilines is 1. The van der Waals surface area contributed by atoms with Gasteiger partial charge in [0.1, 0.15) is 0 Å². The van der Waals surface area contributed by atoms with Gasteiger partial charge in [0.15, 0.2) is 0 Å². The molecule has 1 aromatic rings. The molecule has 0 bridgehead atoms. The van der Waals surface area contributed by atoms with E-state index >= 15 is 0 Å². The largest absolute Gasteiger partial charge is 0.398 e. The maximum absolute atomic E-state index is 11.9. The van der Waals surface area contributed by atoms with Crippen molar-refractivity contribution in [3.8, 4) is 0 Å². The summed E-state index contributed by atoms with van der Waals surface area (Å²) in [7, 11) is 0. The highest BCUT2D eigenvalue weighted by Gasteiger charge is 2.13. The molecular formula is C13H22N2O2S. The van der Waals surface area contributed by atoms with Crippen LogP contribution >= 0.6 is 11.3 Å². The molecule has 0 aliphatic heterocycles. The van der Waals surface area contributed by atoms with Crippen molar-refractivity contribution in [1.82, 2.24) is 5.32 Å². The fourth-order valence-electron chi connectivity index (χ4n) is 1.87. The fourth-order valence-corrected chi connectivity index (χ4v) is 2.73. The Morgan fingerprint density at radius 1 is 1.56 bits per heavy atom. The molecule has 4 nitrogen and oxygen atoms in total. The SMILES string of the molecule is CCCC(CCO)CNC(=O)c1cc(N)c(C)s1. The topological polar surface area (TPSA) is 75.3 Å². The Morgan fingerprint density at radius 3 is 2.78 bits per heavy atom. The molecule has 18 heavy (non-hydrogen) atoms. The van der Waals surface area contributed by atoms with Crippen molar-refractivity contribution < 1.29 is 9.90 Å². The summed E-state index contributed by atoms with van der Waals surface area (Å²) < 4.78 is 0. The first-order valence-corrected chi connectivity index (χ1v) is 7.15. The second-order valence-electron chi connectivity index (χ2n) is 4.50. The van der Waals surface area contributed by atoms with Crippen molar-refractivity contribution in [1.29, 1.82) is 0 Å². The molecule has 1 heterocycles. The van der Waals surface area contributed by atoms with E-state index in [-0.39, 0.29) is 12.5 Å². The lowest BCUT2D eigenvalue weighted by molar-refractivity contribution is 0.0947. The number of carbonyl (C=O) groups excluding carboxylic acids is 1. The molecule has 0 radical (unpaired) electrons. The molecule has 0 fully saturated rings. The Hall–Kier alpha value is -1.07. The number of amides is 1. The third kappa shape index (κ3) is 4.31. The number of hydrogen-bond donors (Lipinski definition) is 3. The van der Waals surface area contributed by atoms with Crippen LogP contribution in [0.3, 0.4) is 0 Å². The average molecular weight is 270 g/mol. The standard InChI is InChI=1S/C13H22N2O2S/c1-3-4-10(5-6-16)8-15-13(17)12-7-11(14)9(2)18-12/h7,10,16H,3-6,8,14H2,1-2H3,(H,15,17). The maximum atomic E-state index is 11.9. The summed E-state index contributed by atoms with van der Waals surface area (Å²) in [6.07, 6.45) is 2.82. The van der Waals surface area contributed by atoms with E-state index in [9.17, 15) is 4.79 Å². The number of aliphatic hydroxyl groups excluding tert-OH is 1. The highest BCUT2D eigenvalue weighted by atomic mass is 32.1. The van der Waals surface area contributed by atoms with E-state index in [2.05, 4.69) is 12.2 Å². The van der Waals surface area contributed by atoms with E-state index in [1.807, 2.05) is 6.92 Å². The molecule has 0 saturated carbocycles. The van der Waals surface area contributed by atoms with Gasteiger partial charge in [0.2, 0.25) is 0 Å². The quantitative estimate of drug-likeness (QED) is 0.710. The average Bonchev–Trinajstić information content (AvgIpc) is 2.67. The Kier molecular flexibility index (Phi) is 6.15. The van der Waals surface area contributed by atoms with Gasteiger partial charge in [-0.2, -0.15) is 0 Å². The minimum atomic E-state index is -0.0705. The summed E-state index contributed by atoms with van der Waals surface area (Å²) in [6, 6.07) is 1.72. The summed E-state index contributed by atoms with van der Waals surface area (Å²) in [5, 5.41) is 11.9. The molecule has 1 amide bonds. The number of carbonyl (C=O) groups is 1. The van der Waals surface area contributed by atoms with Gasteiger partial charge in [-0.05, 0) is 31.7 Å². The van der Waals surface area contributed by atoms with Crippen molar-refractivity contribution in [2.75, 3.05) is 18.9 Å². The number of nitrogens with two attached hydrogens (primary N) is 1. The van der Waals surface area contributed by atoms with Gasteiger partial charge in [-0.3, -0.25) is 4.79 Å². The molecule has 0 aliphatic rings. The summed E-state index contributed by atoms with van der Waals surface area (Å²) >= 11 is 1.41. The zero-order valence-corrected chi connectivity index (χ0v) is 11.8. The van der Waals surface area contributed by atoms with Crippen LogP contribution < -0.4 is 11.1 Å². The van der Waals surface area contributed by atoms with E-state index < -0.39 is 0 Å². The maximum Gasteiger partial charge on any atom is 0.261 e. The summed E-state index contributed by atoms with van der Waals surface area (Å²) in [6.45, 7) is 4.80. The molecule has 0 saturated heterocycles. The monoisotopic (exact) mass is 270 g/mol. The van der Waals surface area contributed by atoms with Gasteiger partial charge in [0.25, 0.3) is 5.91 Å². The number of aliphatic hydroxyl groups is 1. The lowest BCUT2D eigenvalue weighted by Gasteiger charge is -2.15. The predicted octanol–water partition coefficient (Wildman–Crippen LogP) is 2.17. The normalized spacial score (nSPS) is 12.4. The molecule has 1 atom stereocenters. The predicted molar refractivity (Wildman–Crippen MR) is 75.9 cm³/mol. The molecule has 0 aliphatic carbocycles. The Balaban J connectivity index is 2.48. The van der Waals surface area contributed by atoms with Crippen molar-refractivity contribution in [2.45, 2.75) is 33.1 Å². The molecule has 0 aromatic carbocycles. The van der Waals surface area contributed by atoms with E-state index in [0.29, 0.717) is 23.0 Å². The second kappa shape index (κ2) is 7.38. The lowest BCUT2D eigenvalue weighted by atomic mass is 10.0. The van der Waals surface area contributed by atoms with Crippen LogP contribution in [0.5, 0.6) is 0 Å². The highest BCUT2D eigenvalue weighted by molar-refractivity contribution is 7.14. The number of rotatable bonds is 7. The van der Waals surface area contributed by atoms with Gasteiger partial charge < -0.3 is 16.2 Å². The summed E-state index contributed by atoms with van der Waals surface area (Å²) in [5.74, 6) is 0.279. The van der Waals surface area contributed by atoms with Crippen LogP contribution in [0.4, 0.5) is 5.69 Å². The minimum absolute atomic E-state index is 0.0705. The highest BCUT2D eigenvalue weighted by Crippen LogP contribution is 2.23. The zero-order valence-electron chi connectivity index (χ0n) is 11.0. The third-order valence-corrected chi connectivity index (χ3v) is 4.03. The molecule has 0 spiro atoms. The zero-order chi connectivity index (χ0) is 13.5.